The molecule has 0 bridgehead atoms. The Labute approximate surface area is 125 Å². The van der Waals surface area contributed by atoms with E-state index in [4.69, 9.17) is 11.6 Å². The molecule has 1 aliphatic rings. The molecule has 1 N–H and O–H groups in total. The van der Waals surface area contributed by atoms with E-state index in [-0.39, 0.29) is 16.9 Å². The van der Waals surface area contributed by atoms with E-state index in [2.05, 4.69) is 13.8 Å². The van der Waals surface area contributed by atoms with Crippen LogP contribution in [0.2, 0.25) is 5.02 Å². The largest absolute Gasteiger partial charge is 0.392 e. The first-order valence-corrected chi connectivity index (χ1v) is 8.47. The normalized spacial score (nSPS) is 20.0. The Morgan fingerprint density at radius 2 is 1.90 bits per heavy atom. The highest BCUT2D eigenvalue weighted by Crippen LogP contribution is 2.33. The van der Waals surface area contributed by atoms with Crippen molar-refractivity contribution < 1.29 is 13.5 Å². The molecule has 0 atom stereocenters. The van der Waals surface area contributed by atoms with Crippen molar-refractivity contribution in [1.29, 1.82) is 0 Å². The van der Waals surface area contributed by atoms with Gasteiger partial charge in [-0.25, -0.2) is 8.42 Å². The topological polar surface area (TPSA) is 57.6 Å². The SMILES string of the molecule is CC1(C)CCN(S(=O)(=O)c2ccc(Cl)c(CO)c2)CC1. The maximum absolute atomic E-state index is 12.6. The minimum Gasteiger partial charge on any atom is -0.392 e. The number of piperidine rings is 1. The van der Waals surface area contributed by atoms with Gasteiger partial charge in [0.25, 0.3) is 0 Å². The first kappa shape index (κ1) is 15.8. The molecular weight excluding hydrogens is 298 g/mol. The summed E-state index contributed by atoms with van der Waals surface area (Å²) in [6.45, 7) is 5.11. The third-order valence-electron chi connectivity index (χ3n) is 3.90. The molecule has 0 saturated carbocycles. The van der Waals surface area contributed by atoms with Gasteiger partial charge in [0.2, 0.25) is 10.0 Å². The van der Waals surface area contributed by atoms with E-state index in [0.717, 1.165) is 12.8 Å². The lowest BCUT2D eigenvalue weighted by Gasteiger charge is -2.36. The number of benzene rings is 1. The number of hydrogen-bond donors (Lipinski definition) is 1. The fraction of sp³-hybridized carbons (Fsp3) is 0.571. The second kappa shape index (κ2) is 5.64. The molecule has 6 heteroatoms. The minimum absolute atomic E-state index is 0.197. The molecule has 1 aliphatic heterocycles. The van der Waals surface area contributed by atoms with Crippen LogP contribution < -0.4 is 0 Å². The maximum Gasteiger partial charge on any atom is 0.243 e. The zero-order valence-corrected chi connectivity index (χ0v) is 13.3. The van der Waals surface area contributed by atoms with Crippen LogP contribution >= 0.6 is 11.6 Å². The van der Waals surface area contributed by atoms with E-state index in [1.807, 2.05) is 0 Å². The van der Waals surface area contributed by atoms with E-state index >= 15 is 0 Å². The lowest BCUT2D eigenvalue weighted by Crippen LogP contribution is -2.41. The average molecular weight is 318 g/mol. The fourth-order valence-electron chi connectivity index (χ4n) is 2.31. The molecule has 2 rings (SSSR count). The summed E-state index contributed by atoms with van der Waals surface area (Å²) >= 11 is 5.90. The Kier molecular flexibility index (Phi) is 4.44. The van der Waals surface area contributed by atoms with Gasteiger partial charge in [0, 0.05) is 18.1 Å². The Morgan fingerprint density at radius 1 is 1.30 bits per heavy atom. The summed E-state index contributed by atoms with van der Waals surface area (Å²) in [6.07, 6.45) is 1.71. The first-order valence-electron chi connectivity index (χ1n) is 6.66. The quantitative estimate of drug-likeness (QED) is 0.932. The Balaban J connectivity index is 2.27. The molecule has 4 nitrogen and oxygen atoms in total. The zero-order chi connectivity index (χ0) is 15.0. The van der Waals surface area contributed by atoms with Crippen LogP contribution in [-0.2, 0) is 16.6 Å². The highest BCUT2D eigenvalue weighted by molar-refractivity contribution is 7.89. The number of nitrogens with zero attached hydrogens (tertiary/aromatic N) is 1. The molecule has 1 aromatic rings. The van der Waals surface area contributed by atoms with Crippen molar-refractivity contribution in [2.24, 2.45) is 5.41 Å². The van der Waals surface area contributed by atoms with Gasteiger partial charge in [-0.3, -0.25) is 0 Å². The molecule has 1 heterocycles. The van der Waals surface area contributed by atoms with Gasteiger partial charge < -0.3 is 5.11 Å². The van der Waals surface area contributed by atoms with Gasteiger partial charge in [0.15, 0.2) is 0 Å². The summed E-state index contributed by atoms with van der Waals surface area (Å²) in [5.41, 5.74) is 0.632. The van der Waals surface area contributed by atoms with Crippen LogP contribution in [0.15, 0.2) is 23.1 Å². The number of rotatable bonds is 3. The molecule has 1 saturated heterocycles. The van der Waals surface area contributed by atoms with E-state index in [9.17, 15) is 13.5 Å². The predicted molar refractivity (Wildman–Crippen MR) is 79.1 cm³/mol. The zero-order valence-electron chi connectivity index (χ0n) is 11.8. The summed E-state index contributed by atoms with van der Waals surface area (Å²) < 4.78 is 26.7. The Bertz CT molecular complexity index is 588. The van der Waals surface area contributed by atoms with Crippen molar-refractivity contribution in [3.05, 3.63) is 28.8 Å². The predicted octanol–water partition coefficient (Wildman–Crippen LogP) is 2.64. The third kappa shape index (κ3) is 3.17. The van der Waals surface area contributed by atoms with Gasteiger partial charge in [-0.2, -0.15) is 4.31 Å². The van der Waals surface area contributed by atoms with Crippen molar-refractivity contribution in [3.8, 4) is 0 Å². The number of aliphatic hydroxyl groups excluding tert-OH is 1. The maximum atomic E-state index is 12.6. The molecule has 1 aromatic carbocycles. The standard InChI is InChI=1S/C14H20ClNO3S/c1-14(2)5-7-16(8-6-14)20(18,19)12-3-4-13(15)11(9-12)10-17/h3-4,9,17H,5-8,10H2,1-2H3. The Hall–Kier alpha value is -0.620. The van der Waals surface area contributed by atoms with Gasteiger partial charge in [0.1, 0.15) is 0 Å². The molecule has 0 aliphatic carbocycles. The van der Waals surface area contributed by atoms with Crippen LogP contribution in [0.25, 0.3) is 0 Å². The molecular formula is C14H20ClNO3S. The summed E-state index contributed by atoms with van der Waals surface area (Å²) in [5, 5.41) is 9.58. The highest BCUT2D eigenvalue weighted by atomic mass is 35.5. The van der Waals surface area contributed by atoms with Gasteiger partial charge in [-0.05, 0) is 42.0 Å². The molecule has 0 amide bonds. The average Bonchev–Trinajstić information content (AvgIpc) is 2.38. The van der Waals surface area contributed by atoms with Crippen molar-refractivity contribution in [2.45, 2.75) is 38.2 Å². The molecule has 112 valence electrons. The second-order valence-corrected chi connectivity index (χ2v) is 8.32. The number of hydrogen-bond acceptors (Lipinski definition) is 3. The first-order chi connectivity index (χ1) is 9.26. The van der Waals surface area contributed by atoms with Gasteiger partial charge in [-0.15, -0.1) is 0 Å². The van der Waals surface area contributed by atoms with E-state index < -0.39 is 10.0 Å². The van der Waals surface area contributed by atoms with Crippen molar-refractivity contribution in [2.75, 3.05) is 13.1 Å². The third-order valence-corrected chi connectivity index (χ3v) is 6.16. The highest BCUT2D eigenvalue weighted by Gasteiger charge is 2.32. The number of halogens is 1. The summed E-state index contributed by atoms with van der Waals surface area (Å²) in [7, 11) is -3.50. The van der Waals surface area contributed by atoms with Crippen LogP contribution in [-0.4, -0.2) is 30.9 Å². The lowest BCUT2D eigenvalue weighted by molar-refractivity contribution is 0.196. The smallest absolute Gasteiger partial charge is 0.243 e. The second-order valence-electron chi connectivity index (χ2n) is 5.98. The van der Waals surface area contributed by atoms with Crippen LogP contribution in [0.4, 0.5) is 0 Å². The van der Waals surface area contributed by atoms with Crippen LogP contribution in [0.1, 0.15) is 32.3 Å². The molecule has 20 heavy (non-hydrogen) atoms. The van der Waals surface area contributed by atoms with Crippen molar-refractivity contribution in [3.63, 3.8) is 0 Å². The van der Waals surface area contributed by atoms with Crippen molar-refractivity contribution in [1.82, 2.24) is 4.31 Å². The molecule has 0 aromatic heterocycles. The summed E-state index contributed by atoms with van der Waals surface area (Å²) in [4.78, 5) is 0.200. The minimum atomic E-state index is -3.50. The van der Waals surface area contributed by atoms with Crippen LogP contribution in [0.3, 0.4) is 0 Å². The van der Waals surface area contributed by atoms with Crippen LogP contribution in [0.5, 0.6) is 0 Å². The van der Waals surface area contributed by atoms with Gasteiger partial charge in [-0.1, -0.05) is 25.4 Å². The molecule has 0 spiro atoms. The fourth-order valence-corrected chi connectivity index (χ4v) is 3.98. The van der Waals surface area contributed by atoms with Gasteiger partial charge in [0.05, 0.1) is 11.5 Å². The number of aliphatic hydroxyl groups is 1. The van der Waals surface area contributed by atoms with Gasteiger partial charge >= 0.3 is 0 Å². The summed E-state index contributed by atoms with van der Waals surface area (Å²) in [5.74, 6) is 0. The van der Waals surface area contributed by atoms with E-state index in [1.54, 1.807) is 0 Å². The molecule has 0 radical (unpaired) electrons. The van der Waals surface area contributed by atoms with E-state index in [1.165, 1.54) is 22.5 Å². The van der Waals surface area contributed by atoms with E-state index in [0.29, 0.717) is 23.7 Å². The molecule has 1 fully saturated rings. The number of sulfonamides is 1. The Morgan fingerprint density at radius 3 is 2.45 bits per heavy atom. The van der Waals surface area contributed by atoms with Crippen LogP contribution in [0, 0.1) is 5.41 Å². The summed E-state index contributed by atoms with van der Waals surface area (Å²) in [6, 6.07) is 4.47. The lowest BCUT2D eigenvalue weighted by atomic mass is 9.83. The monoisotopic (exact) mass is 317 g/mol. The molecule has 0 unspecified atom stereocenters. The van der Waals surface area contributed by atoms with Crippen molar-refractivity contribution >= 4 is 21.6 Å².